The maximum atomic E-state index is 12.5. The monoisotopic (exact) mass is 414 g/mol. The van der Waals surface area contributed by atoms with Gasteiger partial charge in [0, 0.05) is 6.20 Å². The number of nitrogens with one attached hydrogen (secondary N) is 1. The Bertz CT molecular complexity index is 1020. The quantitative estimate of drug-likeness (QED) is 0.585. The SMILES string of the molecule is Cc1ccc(-c2ccccc2C(=O)OCC(=O)Nc2ncc(Cl)cc2Cl)cc1. The van der Waals surface area contributed by atoms with Crippen molar-refractivity contribution in [1.29, 1.82) is 0 Å². The van der Waals surface area contributed by atoms with Gasteiger partial charge in [-0.05, 0) is 30.2 Å². The van der Waals surface area contributed by atoms with Gasteiger partial charge in [0.1, 0.15) is 0 Å². The molecule has 1 heterocycles. The number of benzene rings is 2. The van der Waals surface area contributed by atoms with Gasteiger partial charge < -0.3 is 10.1 Å². The second-order valence-corrected chi connectivity index (χ2v) is 6.86. The number of ether oxygens (including phenoxy) is 1. The van der Waals surface area contributed by atoms with Crippen molar-refractivity contribution >= 4 is 40.9 Å². The lowest BCUT2D eigenvalue weighted by Crippen LogP contribution is -2.21. The van der Waals surface area contributed by atoms with Crippen LogP contribution in [-0.4, -0.2) is 23.5 Å². The summed E-state index contributed by atoms with van der Waals surface area (Å²) in [4.78, 5) is 28.5. The van der Waals surface area contributed by atoms with E-state index < -0.39 is 18.5 Å². The molecule has 2 aromatic carbocycles. The van der Waals surface area contributed by atoms with E-state index in [2.05, 4.69) is 10.3 Å². The molecule has 1 N–H and O–H groups in total. The smallest absolute Gasteiger partial charge is 0.339 e. The number of hydrogen-bond donors (Lipinski definition) is 1. The number of amides is 1. The van der Waals surface area contributed by atoms with Crippen molar-refractivity contribution in [2.45, 2.75) is 6.92 Å². The molecule has 1 amide bonds. The van der Waals surface area contributed by atoms with Crippen molar-refractivity contribution in [3.05, 3.63) is 82.0 Å². The summed E-state index contributed by atoms with van der Waals surface area (Å²) in [5.41, 5.74) is 3.12. The molecule has 3 rings (SSSR count). The van der Waals surface area contributed by atoms with Crippen LogP contribution in [-0.2, 0) is 9.53 Å². The fourth-order valence-corrected chi connectivity index (χ4v) is 2.96. The van der Waals surface area contributed by atoms with Crippen molar-refractivity contribution in [2.24, 2.45) is 0 Å². The number of carbonyl (C=O) groups excluding carboxylic acids is 2. The predicted octanol–water partition coefficient (Wildman–Crippen LogP) is 5.16. The summed E-state index contributed by atoms with van der Waals surface area (Å²) in [6, 6.07) is 16.3. The van der Waals surface area contributed by atoms with E-state index in [1.54, 1.807) is 12.1 Å². The predicted molar refractivity (Wildman–Crippen MR) is 110 cm³/mol. The number of aromatic nitrogens is 1. The van der Waals surface area contributed by atoms with Crippen molar-refractivity contribution in [3.8, 4) is 11.1 Å². The van der Waals surface area contributed by atoms with E-state index in [-0.39, 0.29) is 10.8 Å². The molecule has 5 nitrogen and oxygen atoms in total. The Hall–Kier alpha value is -2.89. The highest BCUT2D eigenvalue weighted by molar-refractivity contribution is 6.36. The zero-order valence-corrected chi connectivity index (χ0v) is 16.4. The van der Waals surface area contributed by atoms with E-state index in [4.69, 9.17) is 27.9 Å². The van der Waals surface area contributed by atoms with Crippen LogP contribution >= 0.6 is 23.2 Å². The highest BCUT2D eigenvalue weighted by Crippen LogP contribution is 2.25. The Morgan fingerprint density at radius 1 is 1.07 bits per heavy atom. The first-order chi connectivity index (χ1) is 13.4. The third-order valence-electron chi connectivity index (χ3n) is 3.91. The zero-order chi connectivity index (χ0) is 20.1. The lowest BCUT2D eigenvalue weighted by atomic mass is 9.99. The minimum absolute atomic E-state index is 0.146. The molecular weight excluding hydrogens is 399 g/mol. The van der Waals surface area contributed by atoms with Crippen LogP contribution in [0.15, 0.2) is 60.8 Å². The maximum Gasteiger partial charge on any atom is 0.339 e. The van der Waals surface area contributed by atoms with Gasteiger partial charge in [-0.1, -0.05) is 71.2 Å². The lowest BCUT2D eigenvalue weighted by Gasteiger charge is -2.11. The molecule has 0 bridgehead atoms. The molecule has 0 radical (unpaired) electrons. The third kappa shape index (κ3) is 4.88. The summed E-state index contributed by atoms with van der Waals surface area (Å²) >= 11 is 11.7. The van der Waals surface area contributed by atoms with Crippen molar-refractivity contribution in [3.63, 3.8) is 0 Å². The van der Waals surface area contributed by atoms with Gasteiger partial charge in [-0.3, -0.25) is 4.79 Å². The number of halogens is 2. The number of hydrogen-bond acceptors (Lipinski definition) is 4. The molecule has 28 heavy (non-hydrogen) atoms. The van der Waals surface area contributed by atoms with E-state index in [9.17, 15) is 9.59 Å². The topological polar surface area (TPSA) is 68.3 Å². The first-order valence-corrected chi connectivity index (χ1v) is 9.14. The van der Waals surface area contributed by atoms with Crippen LogP contribution in [0.2, 0.25) is 10.0 Å². The fourth-order valence-electron chi connectivity index (χ4n) is 2.53. The van der Waals surface area contributed by atoms with Crippen LogP contribution in [0, 0.1) is 6.92 Å². The minimum atomic E-state index is -0.596. The average molecular weight is 415 g/mol. The van der Waals surface area contributed by atoms with Crippen molar-refractivity contribution in [1.82, 2.24) is 4.98 Å². The number of esters is 1. The number of carbonyl (C=O) groups is 2. The highest BCUT2D eigenvalue weighted by atomic mass is 35.5. The third-order valence-corrected chi connectivity index (χ3v) is 4.40. The fraction of sp³-hybridized carbons (Fsp3) is 0.0952. The van der Waals surface area contributed by atoms with E-state index in [1.807, 2.05) is 43.3 Å². The minimum Gasteiger partial charge on any atom is -0.452 e. The highest BCUT2D eigenvalue weighted by Gasteiger charge is 2.16. The van der Waals surface area contributed by atoms with Crippen LogP contribution in [0.1, 0.15) is 15.9 Å². The summed E-state index contributed by atoms with van der Waals surface area (Å²) in [6.07, 6.45) is 1.35. The van der Waals surface area contributed by atoms with Crippen molar-refractivity contribution in [2.75, 3.05) is 11.9 Å². The van der Waals surface area contributed by atoms with Gasteiger partial charge in [-0.2, -0.15) is 0 Å². The molecule has 0 saturated heterocycles. The summed E-state index contributed by atoms with van der Waals surface area (Å²) in [5, 5.41) is 3.02. The van der Waals surface area contributed by atoms with E-state index in [0.29, 0.717) is 10.6 Å². The first kappa shape index (κ1) is 19.9. The molecule has 0 fully saturated rings. The Morgan fingerprint density at radius 2 is 1.79 bits per heavy atom. The number of rotatable bonds is 5. The van der Waals surface area contributed by atoms with Gasteiger partial charge in [0.15, 0.2) is 12.4 Å². The summed E-state index contributed by atoms with van der Waals surface area (Å²) in [7, 11) is 0. The maximum absolute atomic E-state index is 12.5. The Kier molecular flexibility index (Phi) is 6.29. The van der Waals surface area contributed by atoms with Gasteiger partial charge in [-0.25, -0.2) is 9.78 Å². The second-order valence-electron chi connectivity index (χ2n) is 6.02. The Balaban J connectivity index is 1.68. The van der Waals surface area contributed by atoms with Crippen LogP contribution in [0.5, 0.6) is 0 Å². The molecule has 0 spiro atoms. The van der Waals surface area contributed by atoms with E-state index in [0.717, 1.165) is 16.7 Å². The molecule has 0 unspecified atom stereocenters. The lowest BCUT2D eigenvalue weighted by molar-refractivity contribution is -0.119. The van der Waals surface area contributed by atoms with Crippen LogP contribution in [0.25, 0.3) is 11.1 Å². The van der Waals surface area contributed by atoms with Gasteiger partial charge in [0.25, 0.3) is 5.91 Å². The number of anilines is 1. The first-order valence-electron chi connectivity index (χ1n) is 8.38. The van der Waals surface area contributed by atoms with E-state index >= 15 is 0 Å². The molecule has 0 aliphatic rings. The summed E-state index contributed by atoms with van der Waals surface area (Å²) < 4.78 is 5.16. The normalized spacial score (nSPS) is 10.4. The molecule has 0 aliphatic carbocycles. The van der Waals surface area contributed by atoms with Gasteiger partial charge in [0.05, 0.1) is 15.6 Å². The molecule has 142 valence electrons. The molecule has 0 aliphatic heterocycles. The van der Waals surface area contributed by atoms with E-state index in [1.165, 1.54) is 12.3 Å². The van der Waals surface area contributed by atoms with Gasteiger partial charge in [-0.15, -0.1) is 0 Å². The van der Waals surface area contributed by atoms with Crippen LogP contribution in [0.4, 0.5) is 5.82 Å². The Labute approximate surface area is 172 Å². The van der Waals surface area contributed by atoms with Gasteiger partial charge >= 0.3 is 5.97 Å². The molecule has 1 aromatic heterocycles. The van der Waals surface area contributed by atoms with Crippen LogP contribution < -0.4 is 5.32 Å². The summed E-state index contributed by atoms with van der Waals surface area (Å²) in [5.74, 6) is -1.01. The largest absolute Gasteiger partial charge is 0.452 e. The second kappa shape index (κ2) is 8.87. The average Bonchev–Trinajstić information content (AvgIpc) is 2.69. The van der Waals surface area contributed by atoms with Crippen LogP contribution in [0.3, 0.4) is 0 Å². The zero-order valence-electron chi connectivity index (χ0n) is 14.9. The Morgan fingerprint density at radius 3 is 2.50 bits per heavy atom. The molecule has 7 heteroatoms. The number of aryl methyl sites for hydroxylation is 1. The van der Waals surface area contributed by atoms with Crippen molar-refractivity contribution < 1.29 is 14.3 Å². The standard InChI is InChI=1S/C21H16Cl2N2O3/c1-13-6-8-14(9-7-13)16-4-2-3-5-17(16)21(27)28-12-19(26)25-20-18(23)10-15(22)11-24-20/h2-11H,12H2,1H3,(H,24,25,26). The molecular formula is C21H16Cl2N2O3. The summed E-state index contributed by atoms with van der Waals surface area (Å²) in [6.45, 7) is 1.52. The number of nitrogens with zero attached hydrogens (tertiary/aromatic N) is 1. The number of pyridine rings is 1. The molecule has 0 saturated carbocycles. The van der Waals surface area contributed by atoms with Gasteiger partial charge in [0.2, 0.25) is 0 Å². The molecule has 3 aromatic rings. The molecule has 0 atom stereocenters.